The van der Waals surface area contributed by atoms with E-state index in [0.29, 0.717) is 5.75 Å². The Hall–Kier alpha value is -2.83. The maximum absolute atomic E-state index is 11.8. The zero-order valence-corrected chi connectivity index (χ0v) is 11.8. The fourth-order valence-corrected chi connectivity index (χ4v) is 1.28. The molecule has 0 aliphatic rings. The maximum atomic E-state index is 11.8. The van der Waals surface area contributed by atoms with Crippen LogP contribution >= 0.6 is 0 Å². The Morgan fingerprint density at radius 2 is 1.52 bits per heavy atom. The molecule has 0 N–H and O–H groups in total. The summed E-state index contributed by atoms with van der Waals surface area (Å²) in [5.41, 5.74) is 0.0328. The third-order valence-electron chi connectivity index (χ3n) is 2.37. The molecule has 0 aromatic heterocycles. The molecule has 1 aromatic rings. The molecule has 1 aromatic carbocycles. The van der Waals surface area contributed by atoms with E-state index in [-0.39, 0.29) is 16.9 Å². The number of methoxy groups -OCH3 is 2. The average Bonchev–Trinajstić information content (AvgIpc) is 2.50. The van der Waals surface area contributed by atoms with Gasteiger partial charge in [0.1, 0.15) is 0 Å². The van der Waals surface area contributed by atoms with E-state index in [2.05, 4.69) is 16.4 Å². The molecule has 0 saturated carbocycles. The van der Waals surface area contributed by atoms with E-state index in [1.54, 1.807) is 0 Å². The van der Waals surface area contributed by atoms with E-state index >= 15 is 0 Å². The quantitative estimate of drug-likeness (QED) is 0.267. The molecule has 7 nitrogen and oxygen atoms in total. The van der Waals surface area contributed by atoms with Crippen LogP contribution in [0.1, 0.15) is 17.3 Å². The summed E-state index contributed by atoms with van der Waals surface area (Å²) in [5.74, 6) is -2.60. The molecule has 0 fully saturated rings. The monoisotopic (exact) mass is 294 g/mol. The van der Waals surface area contributed by atoms with Crippen molar-refractivity contribution in [1.29, 1.82) is 0 Å². The van der Waals surface area contributed by atoms with E-state index < -0.39 is 17.7 Å². The molecule has 0 saturated heterocycles. The highest BCUT2D eigenvalue weighted by Crippen LogP contribution is 2.27. The number of ketones is 1. The molecule has 0 heterocycles. The lowest BCUT2D eigenvalue weighted by Crippen LogP contribution is -2.20. The highest BCUT2D eigenvalue weighted by atomic mass is 17.2. The maximum Gasteiger partial charge on any atom is 0.426 e. The second-order valence-electron chi connectivity index (χ2n) is 3.92. The van der Waals surface area contributed by atoms with Crippen molar-refractivity contribution >= 4 is 17.7 Å². The first-order chi connectivity index (χ1) is 9.90. The third-order valence-corrected chi connectivity index (χ3v) is 2.37. The van der Waals surface area contributed by atoms with Gasteiger partial charge in [0.2, 0.25) is 0 Å². The van der Waals surface area contributed by atoms with Gasteiger partial charge < -0.3 is 9.47 Å². The number of ether oxygens (including phenoxy) is 2. The standard InChI is InChI=1S/C14H14O7/c1-8(2)13(16)20-21-14(17)12(15)9-5-6-10(18-3)11(7-9)19-4/h5-7H,1H2,2-4H3. The molecule has 0 spiro atoms. The van der Waals surface area contributed by atoms with Crippen LogP contribution in [0.25, 0.3) is 0 Å². The SMILES string of the molecule is C=C(C)C(=O)OOC(=O)C(=O)c1ccc(OC)c(OC)c1. The Bertz CT molecular complexity index is 589. The highest BCUT2D eigenvalue weighted by Gasteiger charge is 2.22. The summed E-state index contributed by atoms with van der Waals surface area (Å²) in [6.07, 6.45) is 0. The van der Waals surface area contributed by atoms with Crippen molar-refractivity contribution in [2.75, 3.05) is 14.2 Å². The van der Waals surface area contributed by atoms with Gasteiger partial charge in [-0.15, -0.1) is 0 Å². The molecule has 7 heteroatoms. The van der Waals surface area contributed by atoms with E-state index in [1.165, 1.54) is 39.3 Å². The minimum absolute atomic E-state index is 0.00373. The van der Waals surface area contributed by atoms with Crippen LogP contribution in [0.15, 0.2) is 30.4 Å². The molecule has 1 rings (SSSR count). The summed E-state index contributed by atoms with van der Waals surface area (Å²) in [7, 11) is 2.82. The van der Waals surface area contributed by atoms with Gasteiger partial charge in [0.05, 0.1) is 14.2 Å². The Kier molecular flexibility index (Phi) is 5.48. The van der Waals surface area contributed by atoms with E-state index in [4.69, 9.17) is 9.47 Å². The molecule has 21 heavy (non-hydrogen) atoms. The smallest absolute Gasteiger partial charge is 0.426 e. The molecule has 0 unspecified atom stereocenters. The van der Waals surface area contributed by atoms with Gasteiger partial charge >= 0.3 is 11.9 Å². The number of hydrogen-bond donors (Lipinski definition) is 0. The van der Waals surface area contributed by atoms with Gasteiger partial charge in [-0.25, -0.2) is 19.4 Å². The van der Waals surface area contributed by atoms with Gasteiger partial charge in [0.15, 0.2) is 11.5 Å². The zero-order valence-electron chi connectivity index (χ0n) is 11.8. The Balaban J connectivity index is 2.81. The van der Waals surface area contributed by atoms with Gasteiger partial charge in [0, 0.05) is 11.1 Å². The van der Waals surface area contributed by atoms with Crippen molar-refractivity contribution < 1.29 is 33.6 Å². The summed E-state index contributed by atoms with van der Waals surface area (Å²) in [5, 5.41) is 0. The third kappa shape index (κ3) is 4.07. The van der Waals surface area contributed by atoms with E-state index in [0.717, 1.165) is 0 Å². The van der Waals surface area contributed by atoms with Gasteiger partial charge in [-0.1, -0.05) is 6.58 Å². The molecule has 0 bridgehead atoms. The number of carbonyl (C=O) groups is 3. The zero-order chi connectivity index (χ0) is 16.0. The first kappa shape index (κ1) is 16.2. The normalized spacial score (nSPS) is 9.48. The molecule has 0 aliphatic heterocycles. The molecule has 0 aliphatic carbocycles. The van der Waals surface area contributed by atoms with Crippen LogP contribution in [0.4, 0.5) is 0 Å². The summed E-state index contributed by atoms with van der Waals surface area (Å²) in [4.78, 5) is 42.6. The van der Waals surface area contributed by atoms with Crippen molar-refractivity contribution in [2.24, 2.45) is 0 Å². The first-order valence-electron chi connectivity index (χ1n) is 5.75. The number of carbonyl (C=O) groups excluding carboxylic acids is 3. The molecule has 0 atom stereocenters. The minimum Gasteiger partial charge on any atom is -0.493 e. The summed E-state index contributed by atoms with van der Waals surface area (Å²) >= 11 is 0. The van der Waals surface area contributed by atoms with Crippen molar-refractivity contribution in [3.05, 3.63) is 35.9 Å². The Morgan fingerprint density at radius 1 is 0.952 bits per heavy atom. The lowest BCUT2D eigenvalue weighted by atomic mass is 10.1. The van der Waals surface area contributed by atoms with Crippen LogP contribution in [-0.2, 0) is 19.4 Å². The van der Waals surface area contributed by atoms with Crippen molar-refractivity contribution in [3.63, 3.8) is 0 Å². The summed E-state index contributed by atoms with van der Waals surface area (Å²) < 4.78 is 10.0. The van der Waals surface area contributed by atoms with Crippen molar-refractivity contribution in [1.82, 2.24) is 0 Å². The number of benzene rings is 1. The minimum atomic E-state index is -1.34. The van der Waals surface area contributed by atoms with Crippen LogP contribution in [-0.4, -0.2) is 31.9 Å². The van der Waals surface area contributed by atoms with E-state index in [9.17, 15) is 14.4 Å². The van der Waals surface area contributed by atoms with Crippen LogP contribution in [0.3, 0.4) is 0 Å². The summed E-state index contributed by atoms with van der Waals surface area (Å²) in [6.45, 7) is 4.66. The molecule has 112 valence electrons. The predicted molar refractivity (Wildman–Crippen MR) is 70.9 cm³/mol. The molecular formula is C14H14O7. The van der Waals surface area contributed by atoms with Crippen LogP contribution in [0.5, 0.6) is 11.5 Å². The van der Waals surface area contributed by atoms with Crippen LogP contribution < -0.4 is 9.47 Å². The van der Waals surface area contributed by atoms with Crippen LogP contribution in [0, 0.1) is 0 Å². The second-order valence-corrected chi connectivity index (χ2v) is 3.92. The molecule has 0 amide bonds. The van der Waals surface area contributed by atoms with Gasteiger partial charge in [-0.2, -0.15) is 0 Å². The lowest BCUT2D eigenvalue weighted by Gasteiger charge is -2.08. The second kappa shape index (κ2) is 7.09. The topological polar surface area (TPSA) is 88.1 Å². The van der Waals surface area contributed by atoms with Crippen molar-refractivity contribution in [3.8, 4) is 11.5 Å². The van der Waals surface area contributed by atoms with E-state index in [1.807, 2.05) is 0 Å². The lowest BCUT2D eigenvalue weighted by molar-refractivity contribution is -0.250. The number of hydrogen-bond acceptors (Lipinski definition) is 7. The fraction of sp³-hybridized carbons (Fsp3) is 0.214. The fourth-order valence-electron chi connectivity index (χ4n) is 1.28. The number of rotatable bonds is 5. The molecular weight excluding hydrogens is 280 g/mol. The summed E-state index contributed by atoms with van der Waals surface area (Å²) in [6, 6.07) is 4.12. The Morgan fingerprint density at radius 3 is 2.05 bits per heavy atom. The highest BCUT2D eigenvalue weighted by molar-refractivity contribution is 6.40. The number of Topliss-reactive ketones (excluding diaryl/α,β-unsaturated/α-hetero) is 1. The van der Waals surface area contributed by atoms with Gasteiger partial charge in [-0.05, 0) is 25.1 Å². The molecule has 0 radical (unpaired) electrons. The largest absolute Gasteiger partial charge is 0.493 e. The average molecular weight is 294 g/mol. The predicted octanol–water partition coefficient (Wildman–Crippen LogP) is 1.46. The van der Waals surface area contributed by atoms with Gasteiger partial charge in [-0.3, -0.25) is 4.79 Å². The van der Waals surface area contributed by atoms with Gasteiger partial charge in [0.25, 0.3) is 5.78 Å². The van der Waals surface area contributed by atoms with Crippen molar-refractivity contribution in [2.45, 2.75) is 6.92 Å². The first-order valence-corrected chi connectivity index (χ1v) is 5.75. The Labute approximate surface area is 121 Å². The van der Waals surface area contributed by atoms with Crippen LogP contribution in [0.2, 0.25) is 0 Å².